The van der Waals surface area contributed by atoms with Crippen molar-refractivity contribution in [2.45, 2.75) is 0 Å². The summed E-state index contributed by atoms with van der Waals surface area (Å²) in [5, 5.41) is 7.04. The molecule has 3 nitrogen and oxygen atoms in total. The highest BCUT2D eigenvalue weighted by Gasteiger charge is 2.19. The molecule has 9 aromatic carbocycles. The van der Waals surface area contributed by atoms with Crippen molar-refractivity contribution in [1.82, 2.24) is 0 Å². The van der Waals surface area contributed by atoms with Gasteiger partial charge in [-0.1, -0.05) is 127 Å². The Bertz CT molecular complexity index is 2910. The van der Waals surface area contributed by atoms with Crippen LogP contribution in [0.15, 0.2) is 211 Å². The number of hydrogen-bond acceptors (Lipinski definition) is 3. The molecule has 0 bridgehead atoms. The van der Waals surface area contributed by atoms with Crippen molar-refractivity contribution in [1.29, 1.82) is 0 Å². The van der Waals surface area contributed by atoms with Gasteiger partial charge in [0.05, 0.1) is 0 Å². The van der Waals surface area contributed by atoms with Crippen molar-refractivity contribution in [3.05, 3.63) is 206 Å². The fourth-order valence-corrected chi connectivity index (χ4v) is 7.69. The Morgan fingerprint density at radius 3 is 1.64 bits per heavy atom. The molecule has 0 fully saturated rings. The molecular weight excluding hydrogens is 645 g/mol. The Hall–Kier alpha value is -7.10. The Balaban J connectivity index is 1.15. The van der Waals surface area contributed by atoms with Crippen molar-refractivity contribution in [2.24, 2.45) is 0 Å². The zero-order chi connectivity index (χ0) is 35.1. The van der Waals surface area contributed by atoms with Gasteiger partial charge in [0.25, 0.3) is 0 Å². The van der Waals surface area contributed by atoms with Crippen LogP contribution in [-0.2, 0) is 0 Å². The molecule has 0 unspecified atom stereocenters. The van der Waals surface area contributed by atoms with Gasteiger partial charge < -0.3 is 14.2 Å². The molecule has 1 heterocycles. The van der Waals surface area contributed by atoms with Crippen molar-refractivity contribution >= 4 is 77.6 Å². The van der Waals surface area contributed by atoms with Crippen LogP contribution in [0, 0.1) is 0 Å². The minimum Gasteiger partial charge on any atom is -0.456 e. The summed E-state index contributed by atoms with van der Waals surface area (Å²) in [6.07, 6.45) is 0. The molecule has 0 amide bonds. The summed E-state index contributed by atoms with van der Waals surface area (Å²) in [6, 6.07) is 73.5. The topological polar surface area (TPSA) is 19.6 Å². The number of hydrogen-bond donors (Lipinski definition) is 0. The molecule has 250 valence electrons. The van der Waals surface area contributed by atoms with Crippen LogP contribution >= 0.6 is 0 Å². The minimum absolute atomic E-state index is 0.905. The van der Waals surface area contributed by atoms with E-state index in [1.54, 1.807) is 0 Å². The first kappa shape index (κ1) is 30.7. The van der Waals surface area contributed by atoms with Gasteiger partial charge in [-0.3, -0.25) is 0 Å². The number of nitrogens with zero attached hydrogens (tertiary/aromatic N) is 2. The molecular formula is C50H34N2O. The summed E-state index contributed by atoms with van der Waals surface area (Å²) in [5.74, 6) is 0. The second-order valence-corrected chi connectivity index (χ2v) is 13.4. The maximum atomic E-state index is 6.24. The van der Waals surface area contributed by atoms with Gasteiger partial charge in [0.2, 0.25) is 0 Å². The first-order valence-electron chi connectivity index (χ1n) is 18.0. The van der Waals surface area contributed by atoms with Crippen molar-refractivity contribution < 1.29 is 4.42 Å². The van der Waals surface area contributed by atoms with E-state index in [-0.39, 0.29) is 0 Å². The third kappa shape index (κ3) is 5.56. The summed E-state index contributed by atoms with van der Waals surface area (Å²) < 4.78 is 6.24. The van der Waals surface area contributed by atoms with E-state index in [9.17, 15) is 0 Å². The molecule has 10 rings (SSSR count). The van der Waals surface area contributed by atoms with E-state index in [0.29, 0.717) is 0 Å². The Kier molecular flexibility index (Phi) is 7.47. The van der Waals surface area contributed by atoms with Gasteiger partial charge in [0.1, 0.15) is 11.2 Å². The maximum absolute atomic E-state index is 6.24. The Labute approximate surface area is 308 Å². The Morgan fingerprint density at radius 1 is 0.283 bits per heavy atom. The van der Waals surface area contributed by atoms with Gasteiger partial charge in [0.15, 0.2) is 0 Å². The van der Waals surface area contributed by atoms with E-state index in [4.69, 9.17) is 4.42 Å². The van der Waals surface area contributed by atoms with Gasteiger partial charge in [-0.2, -0.15) is 0 Å². The quantitative estimate of drug-likeness (QED) is 0.167. The van der Waals surface area contributed by atoms with Crippen LogP contribution in [0.25, 0.3) is 54.6 Å². The fraction of sp³-hybridized carbons (Fsp3) is 0. The summed E-state index contributed by atoms with van der Waals surface area (Å²) in [5.41, 5.74) is 10.7. The predicted octanol–water partition coefficient (Wildman–Crippen LogP) is 14.5. The molecule has 10 aromatic rings. The van der Waals surface area contributed by atoms with Crippen LogP contribution in [0.1, 0.15) is 0 Å². The number of rotatable bonds is 7. The molecule has 0 spiro atoms. The van der Waals surface area contributed by atoms with E-state index in [0.717, 1.165) is 61.4 Å². The molecule has 3 heteroatoms. The molecule has 1 aromatic heterocycles. The first-order valence-corrected chi connectivity index (χ1v) is 18.0. The second-order valence-electron chi connectivity index (χ2n) is 13.4. The molecule has 0 radical (unpaired) electrons. The maximum Gasteiger partial charge on any atom is 0.136 e. The molecule has 0 atom stereocenters. The van der Waals surface area contributed by atoms with Crippen LogP contribution in [-0.4, -0.2) is 0 Å². The number of anilines is 6. The van der Waals surface area contributed by atoms with E-state index in [1.165, 1.54) is 27.3 Å². The highest BCUT2D eigenvalue weighted by Crippen LogP contribution is 2.43. The molecule has 0 aliphatic heterocycles. The van der Waals surface area contributed by atoms with Crippen LogP contribution in [0.5, 0.6) is 0 Å². The lowest BCUT2D eigenvalue weighted by atomic mass is 10.0. The molecule has 0 aliphatic carbocycles. The molecule has 0 saturated carbocycles. The van der Waals surface area contributed by atoms with E-state index < -0.39 is 0 Å². The monoisotopic (exact) mass is 678 g/mol. The predicted molar refractivity (Wildman–Crippen MR) is 224 cm³/mol. The van der Waals surface area contributed by atoms with Gasteiger partial charge >= 0.3 is 0 Å². The number of furan rings is 1. The minimum atomic E-state index is 0.905. The highest BCUT2D eigenvalue weighted by molar-refractivity contribution is 6.19. The van der Waals surface area contributed by atoms with E-state index >= 15 is 0 Å². The van der Waals surface area contributed by atoms with Gasteiger partial charge in [-0.25, -0.2) is 0 Å². The van der Waals surface area contributed by atoms with Gasteiger partial charge in [-0.05, 0) is 112 Å². The molecule has 0 N–H and O–H groups in total. The largest absolute Gasteiger partial charge is 0.456 e. The number of benzene rings is 9. The van der Waals surface area contributed by atoms with Crippen LogP contribution in [0.4, 0.5) is 34.1 Å². The average Bonchev–Trinajstić information content (AvgIpc) is 3.61. The van der Waals surface area contributed by atoms with Crippen LogP contribution in [0.3, 0.4) is 0 Å². The molecule has 0 aliphatic rings. The zero-order valence-electron chi connectivity index (χ0n) is 28.9. The number of para-hydroxylation sites is 2. The van der Waals surface area contributed by atoms with E-state index in [2.05, 4.69) is 204 Å². The number of fused-ring (bicyclic) bond motifs is 6. The lowest BCUT2D eigenvalue weighted by molar-refractivity contribution is 0.669. The van der Waals surface area contributed by atoms with Crippen LogP contribution < -0.4 is 9.80 Å². The standard InChI is InChI=1S/C50H34N2O/c1-3-13-35(14-4-1)38-17-11-20-41(31-38)51(40-18-5-2-6-19-40)42-21-12-22-43(34-42)52(44-27-25-36-15-7-8-16-37(36)32-44)45-28-29-46-39(33-45)26-30-49-50(46)47-23-9-10-24-48(47)53-49/h1-34H. The normalized spacial score (nSPS) is 11.4. The third-order valence-corrected chi connectivity index (χ3v) is 10.2. The second kappa shape index (κ2) is 12.9. The fourth-order valence-electron chi connectivity index (χ4n) is 7.69. The van der Waals surface area contributed by atoms with Crippen molar-refractivity contribution in [3.8, 4) is 11.1 Å². The molecule has 0 saturated heterocycles. The Morgan fingerprint density at radius 2 is 0.830 bits per heavy atom. The average molecular weight is 679 g/mol. The van der Waals surface area contributed by atoms with E-state index in [1.807, 2.05) is 12.1 Å². The third-order valence-electron chi connectivity index (χ3n) is 10.2. The summed E-state index contributed by atoms with van der Waals surface area (Å²) in [4.78, 5) is 4.71. The zero-order valence-corrected chi connectivity index (χ0v) is 28.9. The smallest absolute Gasteiger partial charge is 0.136 e. The summed E-state index contributed by atoms with van der Waals surface area (Å²) in [7, 11) is 0. The lowest BCUT2D eigenvalue weighted by Gasteiger charge is -2.30. The van der Waals surface area contributed by atoms with Crippen LogP contribution in [0.2, 0.25) is 0 Å². The van der Waals surface area contributed by atoms with Crippen molar-refractivity contribution in [3.63, 3.8) is 0 Å². The molecule has 53 heavy (non-hydrogen) atoms. The SMILES string of the molecule is c1ccc(-c2cccc(N(c3ccccc3)c3cccc(N(c4ccc5ccccc5c4)c4ccc5c(ccc6oc7ccccc7c65)c4)c3)c2)cc1. The van der Waals surface area contributed by atoms with Gasteiger partial charge in [-0.15, -0.1) is 0 Å². The highest BCUT2D eigenvalue weighted by atomic mass is 16.3. The van der Waals surface area contributed by atoms with Gasteiger partial charge in [0, 0.05) is 44.9 Å². The lowest BCUT2D eigenvalue weighted by Crippen LogP contribution is -2.13. The summed E-state index contributed by atoms with van der Waals surface area (Å²) in [6.45, 7) is 0. The first-order chi connectivity index (χ1) is 26.3. The summed E-state index contributed by atoms with van der Waals surface area (Å²) >= 11 is 0. The van der Waals surface area contributed by atoms with Crippen molar-refractivity contribution in [2.75, 3.05) is 9.80 Å².